The number of benzene rings is 1. The molecule has 1 amide bonds. The van der Waals surface area contributed by atoms with Crippen LogP contribution in [0.25, 0.3) is 0 Å². The Balaban J connectivity index is 0.00000200. The van der Waals surface area contributed by atoms with Crippen molar-refractivity contribution in [3.63, 3.8) is 0 Å². The van der Waals surface area contributed by atoms with Crippen LogP contribution in [0.15, 0.2) is 18.2 Å². The lowest BCUT2D eigenvalue weighted by Crippen LogP contribution is -2.37. The minimum Gasteiger partial charge on any atom is -0.492 e. The normalized spacial score (nSPS) is 18.0. The molecule has 0 aliphatic carbocycles. The summed E-state index contributed by atoms with van der Waals surface area (Å²) in [6.45, 7) is 4.22. The van der Waals surface area contributed by atoms with Crippen LogP contribution in [0, 0.1) is 5.92 Å². The van der Waals surface area contributed by atoms with Crippen LogP contribution in [0.3, 0.4) is 0 Å². The average Bonchev–Trinajstić information content (AvgIpc) is 2.43. The zero-order valence-electron chi connectivity index (χ0n) is 11.4. The molecule has 0 radical (unpaired) electrons. The minimum atomic E-state index is 0. The summed E-state index contributed by atoms with van der Waals surface area (Å²) in [5.41, 5.74) is 0.712. The van der Waals surface area contributed by atoms with Gasteiger partial charge in [0, 0.05) is 12.2 Å². The Morgan fingerprint density at radius 3 is 2.95 bits per heavy atom. The monoisotopic (exact) mass is 318 g/mol. The number of nitrogens with one attached hydrogen (secondary N) is 2. The minimum absolute atomic E-state index is 0. The standard InChI is InChI=1S/C14H19ClN2O2.ClH/c1-2-19-13-6-5-11(8-12(13)15)17-14(18)10-4-3-7-16-9-10;/h5-6,8,10,16H,2-4,7,9H2,1H3,(H,17,18);1H. The lowest BCUT2D eigenvalue weighted by molar-refractivity contribution is -0.120. The van der Waals surface area contributed by atoms with Crippen LogP contribution in [-0.4, -0.2) is 25.6 Å². The summed E-state index contributed by atoms with van der Waals surface area (Å²) in [4.78, 5) is 12.1. The second-order valence-electron chi connectivity index (χ2n) is 4.61. The highest BCUT2D eigenvalue weighted by atomic mass is 35.5. The van der Waals surface area contributed by atoms with Gasteiger partial charge < -0.3 is 15.4 Å². The number of amides is 1. The number of carbonyl (C=O) groups is 1. The Morgan fingerprint density at radius 1 is 1.55 bits per heavy atom. The number of hydrogen-bond acceptors (Lipinski definition) is 3. The first kappa shape index (κ1) is 17.1. The number of piperidine rings is 1. The van der Waals surface area contributed by atoms with Gasteiger partial charge in [0.1, 0.15) is 5.75 Å². The zero-order valence-corrected chi connectivity index (χ0v) is 13.0. The van der Waals surface area contributed by atoms with E-state index in [9.17, 15) is 4.79 Å². The molecule has 1 aromatic rings. The largest absolute Gasteiger partial charge is 0.492 e. The van der Waals surface area contributed by atoms with Crippen molar-refractivity contribution in [1.82, 2.24) is 5.32 Å². The molecular formula is C14H20Cl2N2O2. The van der Waals surface area contributed by atoms with E-state index < -0.39 is 0 Å². The maximum atomic E-state index is 12.1. The molecule has 1 fully saturated rings. The zero-order chi connectivity index (χ0) is 13.7. The van der Waals surface area contributed by atoms with Crippen LogP contribution >= 0.6 is 24.0 Å². The van der Waals surface area contributed by atoms with Gasteiger partial charge in [-0.3, -0.25) is 4.79 Å². The molecule has 4 nitrogen and oxygen atoms in total. The molecule has 0 aromatic heterocycles. The van der Waals surface area contributed by atoms with Crippen molar-refractivity contribution in [2.24, 2.45) is 5.92 Å². The first-order chi connectivity index (χ1) is 9.20. The molecule has 1 aliphatic heterocycles. The predicted octanol–water partition coefficient (Wildman–Crippen LogP) is 3.10. The van der Waals surface area contributed by atoms with Crippen molar-refractivity contribution >= 4 is 35.6 Å². The third-order valence-electron chi connectivity index (χ3n) is 3.17. The van der Waals surface area contributed by atoms with E-state index in [0.717, 1.165) is 25.9 Å². The van der Waals surface area contributed by atoms with Crippen LogP contribution in [0.5, 0.6) is 5.75 Å². The summed E-state index contributed by atoms with van der Waals surface area (Å²) in [6.07, 6.45) is 1.98. The SMILES string of the molecule is CCOc1ccc(NC(=O)C2CCCNC2)cc1Cl.Cl. The Kier molecular flexibility index (Phi) is 7.13. The molecule has 1 atom stereocenters. The molecule has 1 unspecified atom stereocenters. The fourth-order valence-corrected chi connectivity index (χ4v) is 2.41. The van der Waals surface area contributed by atoms with E-state index in [1.165, 1.54) is 0 Å². The van der Waals surface area contributed by atoms with Gasteiger partial charge in [-0.05, 0) is 44.5 Å². The Labute approximate surface area is 130 Å². The topological polar surface area (TPSA) is 50.4 Å². The summed E-state index contributed by atoms with van der Waals surface area (Å²) in [5.74, 6) is 0.730. The second-order valence-corrected chi connectivity index (χ2v) is 5.02. The van der Waals surface area contributed by atoms with E-state index in [4.69, 9.17) is 16.3 Å². The van der Waals surface area contributed by atoms with Gasteiger partial charge in [0.05, 0.1) is 17.5 Å². The smallest absolute Gasteiger partial charge is 0.228 e. The van der Waals surface area contributed by atoms with Gasteiger partial charge in [0.25, 0.3) is 0 Å². The number of ether oxygens (including phenoxy) is 1. The third-order valence-corrected chi connectivity index (χ3v) is 3.46. The summed E-state index contributed by atoms with van der Waals surface area (Å²) in [5, 5.41) is 6.65. The van der Waals surface area contributed by atoms with E-state index in [0.29, 0.717) is 23.1 Å². The van der Waals surface area contributed by atoms with Crippen molar-refractivity contribution < 1.29 is 9.53 Å². The van der Waals surface area contributed by atoms with Crippen LogP contribution < -0.4 is 15.4 Å². The molecule has 0 bridgehead atoms. The summed E-state index contributed by atoms with van der Waals surface area (Å²) in [6, 6.07) is 5.31. The molecule has 6 heteroatoms. The van der Waals surface area contributed by atoms with Crippen molar-refractivity contribution in [3.05, 3.63) is 23.2 Å². The van der Waals surface area contributed by atoms with E-state index >= 15 is 0 Å². The van der Waals surface area contributed by atoms with Crippen molar-refractivity contribution in [2.45, 2.75) is 19.8 Å². The maximum absolute atomic E-state index is 12.1. The molecule has 1 aromatic carbocycles. The van der Waals surface area contributed by atoms with E-state index in [1.807, 2.05) is 13.0 Å². The number of hydrogen-bond donors (Lipinski definition) is 2. The molecule has 0 saturated carbocycles. The van der Waals surface area contributed by atoms with Crippen LogP contribution in [0.1, 0.15) is 19.8 Å². The Bertz CT molecular complexity index is 449. The van der Waals surface area contributed by atoms with Crippen molar-refractivity contribution in [2.75, 3.05) is 25.0 Å². The fourth-order valence-electron chi connectivity index (χ4n) is 2.17. The highest BCUT2D eigenvalue weighted by Crippen LogP contribution is 2.28. The molecule has 0 spiro atoms. The van der Waals surface area contributed by atoms with E-state index in [2.05, 4.69) is 10.6 Å². The van der Waals surface area contributed by atoms with Crippen LogP contribution in [0.2, 0.25) is 5.02 Å². The van der Waals surface area contributed by atoms with Crippen LogP contribution in [0.4, 0.5) is 5.69 Å². The van der Waals surface area contributed by atoms with Crippen LogP contribution in [-0.2, 0) is 4.79 Å². The molecule has 1 saturated heterocycles. The highest BCUT2D eigenvalue weighted by molar-refractivity contribution is 6.32. The average molecular weight is 319 g/mol. The lowest BCUT2D eigenvalue weighted by Gasteiger charge is -2.22. The molecule has 20 heavy (non-hydrogen) atoms. The van der Waals surface area contributed by atoms with E-state index in [1.54, 1.807) is 12.1 Å². The quantitative estimate of drug-likeness (QED) is 0.896. The molecule has 2 N–H and O–H groups in total. The van der Waals surface area contributed by atoms with E-state index in [-0.39, 0.29) is 24.2 Å². The summed E-state index contributed by atoms with van der Waals surface area (Å²) in [7, 11) is 0. The van der Waals surface area contributed by atoms with Gasteiger partial charge >= 0.3 is 0 Å². The predicted molar refractivity (Wildman–Crippen MR) is 84.1 cm³/mol. The van der Waals surface area contributed by atoms with Gasteiger partial charge in [0.2, 0.25) is 5.91 Å². The third kappa shape index (κ3) is 4.54. The van der Waals surface area contributed by atoms with Crippen molar-refractivity contribution in [1.29, 1.82) is 0 Å². The maximum Gasteiger partial charge on any atom is 0.228 e. The van der Waals surface area contributed by atoms with Gasteiger partial charge in [-0.1, -0.05) is 11.6 Å². The van der Waals surface area contributed by atoms with Gasteiger partial charge in [-0.15, -0.1) is 12.4 Å². The number of halogens is 2. The van der Waals surface area contributed by atoms with Crippen molar-refractivity contribution in [3.8, 4) is 5.75 Å². The first-order valence-electron chi connectivity index (χ1n) is 6.64. The van der Waals surface area contributed by atoms with Gasteiger partial charge in [0.15, 0.2) is 0 Å². The van der Waals surface area contributed by atoms with Gasteiger partial charge in [-0.25, -0.2) is 0 Å². The highest BCUT2D eigenvalue weighted by Gasteiger charge is 2.20. The molecule has 2 rings (SSSR count). The number of carbonyl (C=O) groups excluding carboxylic acids is 1. The number of rotatable bonds is 4. The van der Waals surface area contributed by atoms with Gasteiger partial charge in [-0.2, -0.15) is 0 Å². The molecular weight excluding hydrogens is 299 g/mol. The summed E-state index contributed by atoms with van der Waals surface area (Å²) >= 11 is 6.09. The number of anilines is 1. The molecule has 1 aliphatic rings. The second kappa shape index (κ2) is 8.35. The Hall–Kier alpha value is -0.970. The Morgan fingerprint density at radius 2 is 2.35 bits per heavy atom. The molecule has 112 valence electrons. The fraction of sp³-hybridized carbons (Fsp3) is 0.500. The lowest BCUT2D eigenvalue weighted by atomic mass is 9.99. The summed E-state index contributed by atoms with van der Waals surface area (Å²) < 4.78 is 5.36. The molecule has 1 heterocycles. The first-order valence-corrected chi connectivity index (χ1v) is 7.02.